The van der Waals surface area contributed by atoms with E-state index < -0.39 is 0 Å². The van der Waals surface area contributed by atoms with Crippen LogP contribution in [0.25, 0.3) is 10.9 Å². The fourth-order valence-electron chi connectivity index (χ4n) is 5.74. The summed E-state index contributed by atoms with van der Waals surface area (Å²) in [5.74, 6) is 2.73. The third-order valence-corrected chi connectivity index (χ3v) is 6.57. The molecule has 3 nitrogen and oxygen atoms in total. The molecule has 0 spiro atoms. The highest BCUT2D eigenvalue weighted by Crippen LogP contribution is 2.52. The molecular weight excluding hydrogens is 272 g/mol. The van der Waals surface area contributed by atoms with Gasteiger partial charge in [0.2, 0.25) is 0 Å². The molecule has 1 aromatic carbocycles. The number of hydrogen-bond acceptors (Lipinski definition) is 2. The third kappa shape index (κ3) is 1.66. The van der Waals surface area contributed by atoms with E-state index in [1.807, 2.05) is 12.1 Å². The molecule has 0 radical (unpaired) electrons. The van der Waals surface area contributed by atoms with Crippen LogP contribution in [0.2, 0.25) is 0 Å². The summed E-state index contributed by atoms with van der Waals surface area (Å²) in [6.45, 7) is 2.36. The predicted molar refractivity (Wildman–Crippen MR) is 88.2 cm³/mol. The summed E-state index contributed by atoms with van der Waals surface area (Å²) >= 11 is 0. The summed E-state index contributed by atoms with van der Waals surface area (Å²) in [5, 5.41) is 15.0. The Morgan fingerprint density at radius 1 is 1.27 bits per heavy atom. The van der Waals surface area contributed by atoms with Crippen molar-refractivity contribution in [3.05, 3.63) is 29.5 Å². The fourth-order valence-corrected chi connectivity index (χ4v) is 5.74. The summed E-state index contributed by atoms with van der Waals surface area (Å²) < 4.78 is 0. The maximum atomic E-state index is 9.87. The van der Waals surface area contributed by atoms with Crippen molar-refractivity contribution < 1.29 is 5.11 Å². The van der Waals surface area contributed by atoms with E-state index in [0.29, 0.717) is 23.8 Å². The van der Waals surface area contributed by atoms with E-state index in [2.05, 4.69) is 17.2 Å². The summed E-state index contributed by atoms with van der Waals surface area (Å²) in [6.07, 6.45) is 6.33. The molecule has 116 valence electrons. The van der Waals surface area contributed by atoms with Crippen molar-refractivity contribution in [2.24, 2.45) is 11.8 Å². The minimum absolute atomic E-state index is 0.382. The first kappa shape index (κ1) is 13.0. The fraction of sp³-hybridized carbons (Fsp3) is 0.579. The van der Waals surface area contributed by atoms with Gasteiger partial charge in [-0.1, -0.05) is 13.3 Å². The molecule has 5 atom stereocenters. The molecule has 2 saturated heterocycles. The predicted octanol–water partition coefficient (Wildman–Crippen LogP) is 3.68. The van der Waals surface area contributed by atoms with Crippen molar-refractivity contribution in [1.82, 2.24) is 10.3 Å². The van der Waals surface area contributed by atoms with Crippen molar-refractivity contribution in [2.45, 2.75) is 57.0 Å². The molecule has 0 amide bonds. The van der Waals surface area contributed by atoms with Crippen molar-refractivity contribution in [2.75, 3.05) is 0 Å². The van der Waals surface area contributed by atoms with Crippen LogP contribution in [0.15, 0.2) is 18.2 Å². The van der Waals surface area contributed by atoms with Gasteiger partial charge in [-0.25, -0.2) is 0 Å². The molecule has 2 aromatic rings. The van der Waals surface area contributed by atoms with Gasteiger partial charge in [0, 0.05) is 34.6 Å². The highest BCUT2D eigenvalue weighted by molar-refractivity contribution is 5.86. The zero-order valence-electron chi connectivity index (χ0n) is 13.1. The van der Waals surface area contributed by atoms with Crippen LogP contribution >= 0.6 is 0 Å². The van der Waals surface area contributed by atoms with Gasteiger partial charge in [0.1, 0.15) is 5.75 Å². The van der Waals surface area contributed by atoms with E-state index in [1.54, 1.807) is 6.07 Å². The van der Waals surface area contributed by atoms with Gasteiger partial charge in [0.15, 0.2) is 0 Å². The van der Waals surface area contributed by atoms with E-state index in [9.17, 15) is 5.11 Å². The molecule has 4 bridgehead atoms. The van der Waals surface area contributed by atoms with Crippen LogP contribution in [0.4, 0.5) is 0 Å². The van der Waals surface area contributed by atoms with Gasteiger partial charge >= 0.3 is 0 Å². The Hall–Kier alpha value is -1.48. The van der Waals surface area contributed by atoms with E-state index in [1.165, 1.54) is 47.8 Å². The minimum Gasteiger partial charge on any atom is -0.508 e. The van der Waals surface area contributed by atoms with E-state index in [4.69, 9.17) is 0 Å². The number of benzene rings is 1. The largest absolute Gasteiger partial charge is 0.508 e. The second-order valence-electron chi connectivity index (χ2n) is 7.58. The lowest BCUT2D eigenvalue weighted by Gasteiger charge is -2.52. The lowest BCUT2D eigenvalue weighted by Crippen LogP contribution is -2.58. The number of fused-ring (bicyclic) bond motifs is 4. The Kier molecular flexibility index (Phi) is 2.67. The average molecular weight is 296 g/mol. The van der Waals surface area contributed by atoms with Crippen LogP contribution in [-0.4, -0.2) is 22.2 Å². The third-order valence-electron chi connectivity index (χ3n) is 6.57. The quantitative estimate of drug-likeness (QED) is 0.752. The second kappa shape index (κ2) is 4.51. The van der Waals surface area contributed by atoms with Gasteiger partial charge in [0.25, 0.3) is 0 Å². The summed E-state index contributed by atoms with van der Waals surface area (Å²) in [4.78, 5) is 3.73. The monoisotopic (exact) mass is 296 g/mol. The minimum atomic E-state index is 0.382. The van der Waals surface area contributed by atoms with E-state index in [-0.39, 0.29) is 0 Å². The lowest BCUT2D eigenvalue weighted by atomic mass is 9.62. The molecule has 3 heterocycles. The number of rotatable bonds is 1. The maximum absolute atomic E-state index is 9.87. The molecule has 6 rings (SSSR count). The number of H-pyrrole nitrogens is 1. The smallest absolute Gasteiger partial charge is 0.116 e. The van der Waals surface area contributed by atoms with Crippen LogP contribution in [-0.2, 0) is 6.42 Å². The van der Waals surface area contributed by atoms with Crippen LogP contribution in [0, 0.1) is 11.8 Å². The first-order valence-electron chi connectivity index (χ1n) is 8.84. The normalized spacial score (nSPS) is 36.3. The van der Waals surface area contributed by atoms with Crippen molar-refractivity contribution >= 4 is 10.9 Å². The first-order chi connectivity index (χ1) is 10.7. The number of nitrogens with one attached hydrogen (secondary N) is 2. The Morgan fingerprint density at radius 2 is 2.18 bits per heavy atom. The number of aryl methyl sites for hydroxylation is 1. The highest BCUT2D eigenvalue weighted by atomic mass is 16.3. The molecule has 3 heteroatoms. The van der Waals surface area contributed by atoms with E-state index in [0.717, 1.165) is 18.3 Å². The molecule has 5 unspecified atom stereocenters. The summed E-state index contributed by atoms with van der Waals surface area (Å²) in [7, 11) is 0. The average Bonchev–Trinajstić information content (AvgIpc) is 2.85. The standard InChI is InChI=1S/C19H24N2O/c1-2-10-7-11-8-15-18(10)17(20-11)6-4-13-14-9-12(22)3-5-16(14)21-19(13)15/h3,5,9-11,15,17-18,20-22H,2,4,6-8H2,1H3. The zero-order chi connectivity index (χ0) is 14.8. The van der Waals surface area contributed by atoms with Gasteiger partial charge in [0.05, 0.1) is 0 Å². The molecule has 1 saturated carbocycles. The second-order valence-corrected chi connectivity index (χ2v) is 7.58. The first-order valence-corrected chi connectivity index (χ1v) is 8.84. The number of aromatic hydroxyl groups is 1. The van der Waals surface area contributed by atoms with Crippen molar-refractivity contribution in [3.8, 4) is 5.75 Å². The van der Waals surface area contributed by atoms with Gasteiger partial charge in [-0.2, -0.15) is 0 Å². The Morgan fingerprint density at radius 3 is 3.05 bits per heavy atom. The molecular formula is C19H24N2O. The number of aromatic nitrogens is 1. The van der Waals surface area contributed by atoms with Crippen molar-refractivity contribution in [1.29, 1.82) is 0 Å². The topological polar surface area (TPSA) is 48.0 Å². The van der Waals surface area contributed by atoms with E-state index >= 15 is 0 Å². The number of phenols is 1. The van der Waals surface area contributed by atoms with Gasteiger partial charge in [-0.15, -0.1) is 0 Å². The summed E-state index contributed by atoms with van der Waals surface area (Å²) in [5.41, 5.74) is 4.16. The van der Waals surface area contributed by atoms with Crippen LogP contribution in [0.1, 0.15) is 49.8 Å². The molecule has 3 N–H and O–H groups in total. The number of phenolic OH excluding ortho intramolecular Hbond substituents is 1. The number of piperidine rings is 2. The lowest BCUT2D eigenvalue weighted by molar-refractivity contribution is 0.0535. The Bertz CT molecular complexity index is 734. The molecule has 3 fully saturated rings. The Balaban J connectivity index is 1.69. The molecule has 2 aliphatic carbocycles. The van der Waals surface area contributed by atoms with Crippen LogP contribution < -0.4 is 5.32 Å². The molecule has 22 heavy (non-hydrogen) atoms. The van der Waals surface area contributed by atoms with Crippen LogP contribution in [0.5, 0.6) is 5.75 Å². The highest BCUT2D eigenvalue weighted by Gasteiger charge is 2.49. The Labute approximate surface area is 131 Å². The zero-order valence-corrected chi connectivity index (χ0v) is 13.1. The summed E-state index contributed by atoms with van der Waals surface area (Å²) in [6, 6.07) is 7.17. The van der Waals surface area contributed by atoms with Crippen molar-refractivity contribution in [3.63, 3.8) is 0 Å². The molecule has 1 aromatic heterocycles. The SMILES string of the molecule is CCC1CC2CC3c4[nH]c5ccc(O)cc5c4CCC(N2)C13. The number of hydrogen-bond donors (Lipinski definition) is 3. The maximum Gasteiger partial charge on any atom is 0.116 e. The van der Waals surface area contributed by atoms with Gasteiger partial charge in [-0.05, 0) is 61.3 Å². The molecule has 2 aliphatic heterocycles. The van der Waals surface area contributed by atoms with Gasteiger partial charge in [-0.3, -0.25) is 0 Å². The number of aromatic amines is 1. The molecule has 4 aliphatic rings. The van der Waals surface area contributed by atoms with Crippen LogP contribution in [0.3, 0.4) is 0 Å². The van der Waals surface area contributed by atoms with Gasteiger partial charge < -0.3 is 15.4 Å².